The van der Waals surface area contributed by atoms with Gasteiger partial charge in [0.25, 0.3) is 0 Å². The zero-order valence-corrected chi connectivity index (χ0v) is 14.2. The number of halogens is 3. The summed E-state index contributed by atoms with van der Waals surface area (Å²) in [5.74, 6) is 2.52. The third kappa shape index (κ3) is 4.83. The standard InChI is InChI=1S/C22H15F3O2/c1-2-16-12-13-21(27-22(23,24)25)19(14-16)18-10-6-7-11-20(18)26-15-17-8-4-3-5-9-17/h1,3-14H,15H2. The SMILES string of the molecule is C#Cc1ccc(OC(F)(F)F)c(-c2ccccc2OCc2ccccc2)c1. The fourth-order valence-electron chi connectivity index (χ4n) is 2.59. The van der Waals surface area contributed by atoms with E-state index in [2.05, 4.69) is 10.7 Å². The van der Waals surface area contributed by atoms with Gasteiger partial charge in [-0.15, -0.1) is 19.6 Å². The van der Waals surface area contributed by atoms with Crippen LogP contribution in [0.25, 0.3) is 11.1 Å². The Morgan fingerprint density at radius 1 is 0.815 bits per heavy atom. The molecule has 0 N–H and O–H groups in total. The van der Waals surface area contributed by atoms with Gasteiger partial charge < -0.3 is 9.47 Å². The topological polar surface area (TPSA) is 18.5 Å². The first-order valence-corrected chi connectivity index (χ1v) is 8.09. The van der Waals surface area contributed by atoms with Gasteiger partial charge >= 0.3 is 6.36 Å². The summed E-state index contributed by atoms with van der Waals surface area (Å²) in [5, 5.41) is 0. The second kappa shape index (κ2) is 7.88. The van der Waals surface area contributed by atoms with Crippen molar-refractivity contribution in [1.82, 2.24) is 0 Å². The summed E-state index contributed by atoms with van der Waals surface area (Å²) in [4.78, 5) is 0. The molecule has 0 atom stereocenters. The van der Waals surface area contributed by atoms with E-state index in [1.54, 1.807) is 24.3 Å². The largest absolute Gasteiger partial charge is 0.573 e. The van der Waals surface area contributed by atoms with Crippen molar-refractivity contribution in [3.8, 4) is 35.0 Å². The molecule has 2 nitrogen and oxygen atoms in total. The lowest BCUT2D eigenvalue weighted by Crippen LogP contribution is -2.17. The Morgan fingerprint density at radius 2 is 1.52 bits per heavy atom. The highest BCUT2D eigenvalue weighted by atomic mass is 19.4. The zero-order chi connectivity index (χ0) is 19.3. The fourth-order valence-corrected chi connectivity index (χ4v) is 2.59. The minimum atomic E-state index is -4.81. The zero-order valence-electron chi connectivity index (χ0n) is 14.2. The van der Waals surface area contributed by atoms with Crippen LogP contribution in [-0.2, 0) is 6.61 Å². The Labute approximate surface area is 155 Å². The first kappa shape index (κ1) is 18.4. The molecule has 0 aromatic heterocycles. The smallest absolute Gasteiger partial charge is 0.488 e. The molecule has 3 aromatic rings. The Hall–Kier alpha value is -3.39. The molecule has 0 aliphatic heterocycles. The highest BCUT2D eigenvalue weighted by Crippen LogP contribution is 2.39. The van der Waals surface area contributed by atoms with Crippen LogP contribution in [-0.4, -0.2) is 6.36 Å². The summed E-state index contributed by atoms with van der Waals surface area (Å²) in [6.07, 6.45) is 0.589. The molecule has 0 aliphatic rings. The van der Waals surface area contributed by atoms with Crippen molar-refractivity contribution in [1.29, 1.82) is 0 Å². The van der Waals surface area contributed by atoms with E-state index in [0.717, 1.165) is 5.56 Å². The van der Waals surface area contributed by atoms with Crippen LogP contribution in [0.3, 0.4) is 0 Å². The summed E-state index contributed by atoms with van der Waals surface area (Å²) >= 11 is 0. The maximum atomic E-state index is 12.8. The van der Waals surface area contributed by atoms with Crippen molar-refractivity contribution in [3.05, 3.63) is 83.9 Å². The Balaban J connectivity index is 1.99. The van der Waals surface area contributed by atoms with E-state index >= 15 is 0 Å². The highest BCUT2D eigenvalue weighted by molar-refractivity contribution is 5.77. The molecule has 3 rings (SSSR count). The minimum absolute atomic E-state index is 0.214. The van der Waals surface area contributed by atoms with Crippen molar-refractivity contribution < 1.29 is 22.6 Å². The van der Waals surface area contributed by atoms with Gasteiger partial charge in [-0.3, -0.25) is 0 Å². The molecular weight excluding hydrogens is 353 g/mol. The molecule has 5 heteroatoms. The monoisotopic (exact) mass is 368 g/mol. The van der Waals surface area contributed by atoms with Crippen LogP contribution in [0.1, 0.15) is 11.1 Å². The number of terminal acetylenes is 1. The van der Waals surface area contributed by atoms with Crippen LogP contribution in [0.2, 0.25) is 0 Å². The van der Waals surface area contributed by atoms with E-state index in [9.17, 15) is 13.2 Å². The van der Waals surface area contributed by atoms with E-state index in [0.29, 0.717) is 16.9 Å². The molecule has 0 amide bonds. The van der Waals surface area contributed by atoms with Gasteiger partial charge in [0.2, 0.25) is 0 Å². The normalized spacial score (nSPS) is 10.9. The molecule has 0 aliphatic carbocycles. The van der Waals surface area contributed by atoms with Crippen LogP contribution in [0.4, 0.5) is 13.2 Å². The van der Waals surface area contributed by atoms with Crippen molar-refractivity contribution in [2.24, 2.45) is 0 Å². The first-order valence-electron chi connectivity index (χ1n) is 8.09. The lowest BCUT2D eigenvalue weighted by Gasteiger charge is -2.17. The van der Waals surface area contributed by atoms with Crippen LogP contribution < -0.4 is 9.47 Å². The summed E-state index contributed by atoms with van der Waals surface area (Å²) < 4.78 is 48.4. The molecule has 136 valence electrons. The molecule has 0 radical (unpaired) electrons. The first-order chi connectivity index (χ1) is 13.0. The third-order valence-electron chi connectivity index (χ3n) is 3.79. The predicted molar refractivity (Wildman–Crippen MR) is 97.3 cm³/mol. The molecule has 0 unspecified atom stereocenters. The van der Waals surface area contributed by atoms with Crippen molar-refractivity contribution >= 4 is 0 Å². The van der Waals surface area contributed by atoms with Crippen LogP contribution >= 0.6 is 0 Å². The average Bonchev–Trinajstić information content (AvgIpc) is 2.67. The maximum absolute atomic E-state index is 12.8. The summed E-state index contributed by atoms with van der Waals surface area (Å²) in [7, 11) is 0. The van der Waals surface area contributed by atoms with Gasteiger partial charge in [-0.05, 0) is 29.8 Å². The number of ether oxygens (including phenoxy) is 2. The quantitative estimate of drug-likeness (QED) is 0.529. The molecule has 0 saturated heterocycles. The number of hydrogen-bond acceptors (Lipinski definition) is 2. The molecule has 0 bridgehead atoms. The van der Waals surface area contributed by atoms with Crippen molar-refractivity contribution in [3.63, 3.8) is 0 Å². The van der Waals surface area contributed by atoms with E-state index in [1.807, 2.05) is 30.3 Å². The number of alkyl halides is 3. The fraction of sp³-hybridized carbons (Fsp3) is 0.0909. The summed E-state index contributed by atoms with van der Waals surface area (Å²) in [6, 6.07) is 20.4. The lowest BCUT2D eigenvalue weighted by atomic mass is 10.0. The predicted octanol–water partition coefficient (Wildman–Crippen LogP) is 5.81. The molecule has 27 heavy (non-hydrogen) atoms. The lowest BCUT2D eigenvalue weighted by molar-refractivity contribution is -0.274. The second-order valence-electron chi connectivity index (χ2n) is 5.67. The second-order valence-corrected chi connectivity index (χ2v) is 5.67. The molecule has 0 heterocycles. The Bertz CT molecular complexity index is 957. The van der Waals surface area contributed by atoms with E-state index in [1.165, 1.54) is 18.2 Å². The Morgan fingerprint density at radius 3 is 2.22 bits per heavy atom. The van der Waals surface area contributed by atoms with Crippen LogP contribution in [0.5, 0.6) is 11.5 Å². The summed E-state index contributed by atoms with van der Waals surface area (Å²) in [5.41, 5.74) is 2.06. The van der Waals surface area contributed by atoms with Gasteiger partial charge in [0, 0.05) is 16.7 Å². The molecule has 3 aromatic carbocycles. The highest BCUT2D eigenvalue weighted by Gasteiger charge is 2.32. The van der Waals surface area contributed by atoms with Gasteiger partial charge in [0.05, 0.1) is 0 Å². The molecular formula is C22H15F3O2. The van der Waals surface area contributed by atoms with E-state index in [4.69, 9.17) is 11.2 Å². The number of benzene rings is 3. The third-order valence-corrected chi connectivity index (χ3v) is 3.79. The van der Waals surface area contributed by atoms with E-state index < -0.39 is 6.36 Å². The number of para-hydroxylation sites is 1. The van der Waals surface area contributed by atoms with Gasteiger partial charge in [0.1, 0.15) is 18.1 Å². The van der Waals surface area contributed by atoms with Crippen LogP contribution in [0, 0.1) is 12.3 Å². The minimum Gasteiger partial charge on any atom is -0.488 e. The van der Waals surface area contributed by atoms with Gasteiger partial charge in [0.15, 0.2) is 0 Å². The average molecular weight is 368 g/mol. The molecule has 0 saturated carbocycles. The number of rotatable bonds is 5. The molecule has 0 fully saturated rings. The Kier molecular flexibility index (Phi) is 5.37. The van der Waals surface area contributed by atoms with Gasteiger partial charge in [-0.2, -0.15) is 0 Å². The summed E-state index contributed by atoms with van der Waals surface area (Å²) in [6.45, 7) is 0.280. The molecule has 0 spiro atoms. The number of hydrogen-bond donors (Lipinski definition) is 0. The van der Waals surface area contributed by atoms with Crippen LogP contribution in [0.15, 0.2) is 72.8 Å². The van der Waals surface area contributed by atoms with E-state index in [-0.39, 0.29) is 17.9 Å². The van der Waals surface area contributed by atoms with Gasteiger partial charge in [-0.1, -0.05) is 54.5 Å². The van der Waals surface area contributed by atoms with Gasteiger partial charge in [-0.25, -0.2) is 0 Å². The van der Waals surface area contributed by atoms with Crippen molar-refractivity contribution in [2.45, 2.75) is 13.0 Å². The van der Waals surface area contributed by atoms with Crippen molar-refractivity contribution in [2.75, 3.05) is 0 Å². The maximum Gasteiger partial charge on any atom is 0.573 e.